The molecule has 30 heavy (non-hydrogen) atoms. The summed E-state index contributed by atoms with van der Waals surface area (Å²) in [5, 5.41) is 6.00. The van der Waals surface area contributed by atoms with Crippen molar-refractivity contribution in [3.05, 3.63) is 95.6 Å². The number of hydrogen-bond donors (Lipinski definition) is 2. The summed E-state index contributed by atoms with van der Waals surface area (Å²) >= 11 is 0. The van der Waals surface area contributed by atoms with Crippen LogP contribution in [0.4, 0.5) is 16.2 Å². The zero-order valence-electron chi connectivity index (χ0n) is 17.0. The van der Waals surface area contributed by atoms with Crippen molar-refractivity contribution in [1.82, 2.24) is 5.32 Å². The van der Waals surface area contributed by atoms with Gasteiger partial charge in [-0.2, -0.15) is 0 Å². The predicted molar refractivity (Wildman–Crippen MR) is 121 cm³/mol. The summed E-state index contributed by atoms with van der Waals surface area (Å²) in [5.74, 6) is -0.347. The Balaban J connectivity index is 1.97. The number of carbonyl (C=O) groups excluding carboxylic acids is 2. The third-order valence-corrected chi connectivity index (χ3v) is 5.17. The number of hydrogen-bond acceptors (Lipinski definition) is 3. The molecule has 0 radical (unpaired) electrons. The molecule has 3 aromatic rings. The molecule has 0 aliphatic carbocycles. The molecule has 0 atom stereocenters. The summed E-state index contributed by atoms with van der Waals surface area (Å²) < 4.78 is 0. The van der Waals surface area contributed by atoms with Crippen LogP contribution in [0.15, 0.2) is 78.9 Å². The Labute approximate surface area is 176 Å². The van der Waals surface area contributed by atoms with E-state index in [1.54, 1.807) is 0 Å². The minimum Gasteiger partial charge on any atom is -0.354 e. The maximum atomic E-state index is 13.5. The number of para-hydroxylation sites is 1. The standard InChI is InChI=1S/C25H23N3O2/c1-3-17-14-15-20-21(16-17)28(25(30)26-2)24(29)22(20)23(18-10-6-4-7-11-18)27-19-12-8-5-9-13-19/h4-16,27H,3H2,1-2H3,(H,26,30). The highest BCUT2D eigenvalue weighted by molar-refractivity contribution is 6.43. The summed E-state index contributed by atoms with van der Waals surface area (Å²) in [6, 6.07) is 24.8. The smallest absolute Gasteiger partial charge is 0.328 e. The van der Waals surface area contributed by atoms with Crippen LogP contribution in [0.2, 0.25) is 0 Å². The van der Waals surface area contributed by atoms with Gasteiger partial charge in [0.1, 0.15) is 0 Å². The van der Waals surface area contributed by atoms with Gasteiger partial charge in [0.2, 0.25) is 0 Å². The van der Waals surface area contributed by atoms with Gasteiger partial charge >= 0.3 is 6.03 Å². The lowest BCUT2D eigenvalue weighted by molar-refractivity contribution is -0.112. The number of nitrogens with one attached hydrogen (secondary N) is 2. The average molecular weight is 397 g/mol. The number of nitrogens with zero attached hydrogens (tertiary/aromatic N) is 1. The second-order valence-electron chi connectivity index (χ2n) is 7.01. The van der Waals surface area contributed by atoms with Crippen LogP contribution in [0.1, 0.15) is 23.6 Å². The molecule has 0 aromatic heterocycles. The topological polar surface area (TPSA) is 61.4 Å². The number of aryl methyl sites for hydroxylation is 1. The third kappa shape index (κ3) is 3.46. The number of anilines is 2. The second-order valence-corrected chi connectivity index (χ2v) is 7.01. The summed E-state index contributed by atoms with van der Waals surface area (Å²) in [4.78, 5) is 27.4. The highest BCUT2D eigenvalue weighted by Crippen LogP contribution is 2.41. The maximum absolute atomic E-state index is 13.5. The number of benzene rings is 3. The Morgan fingerprint density at radius 3 is 2.23 bits per heavy atom. The van der Waals surface area contributed by atoms with Crippen LogP contribution in [-0.2, 0) is 11.2 Å². The van der Waals surface area contributed by atoms with Crippen LogP contribution in [0.3, 0.4) is 0 Å². The maximum Gasteiger partial charge on any atom is 0.328 e. The van der Waals surface area contributed by atoms with Gasteiger partial charge in [0.15, 0.2) is 0 Å². The molecule has 0 fully saturated rings. The SMILES string of the molecule is CCc1ccc2c(c1)N(C(=O)NC)C(=O)C2=C(Nc1ccccc1)c1ccccc1. The van der Waals surface area contributed by atoms with E-state index < -0.39 is 6.03 Å². The van der Waals surface area contributed by atoms with Crippen LogP contribution in [0.5, 0.6) is 0 Å². The molecule has 2 N–H and O–H groups in total. The molecule has 5 heteroatoms. The molecule has 0 unspecified atom stereocenters. The van der Waals surface area contributed by atoms with Gasteiger partial charge in [0.25, 0.3) is 5.91 Å². The lowest BCUT2D eigenvalue weighted by Gasteiger charge is -2.16. The number of imide groups is 1. The van der Waals surface area contributed by atoms with Crippen LogP contribution in [0.25, 0.3) is 11.3 Å². The Kier molecular flexibility index (Phi) is 5.35. The van der Waals surface area contributed by atoms with Gasteiger partial charge in [-0.05, 0) is 35.7 Å². The fraction of sp³-hybridized carbons (Fsp3) is 0.120. The second kappa shape index (κ2) is 8.25. The number of carbonyl (C=O) groups is 2. The van der Waals surface area contributed by atoms with Crippen molar-refractivity contribution in [2.24, 2.45) is 0 Å². The van der Waals surface area contributed by atoms with Crippen molar-refractivity contribution in [3.63, 3.8) is 0 Å². The summed E-state index contributed by atoms with van der Waals surface area (Å²) in [5.41, 5.74) is 5.29. The Morgan fingerprint density at radius 2 is 1.60 bits per heavy atom. The zero-order chi connectivity index (χ0) is 21.1. The van der Waals surface area contributed by atoms with Gasteiger partial charge in [0.05, 0.1) is 17.0 Å². The number of fused-ring (bicyclic) bond motifs is 1. The van der Waals surface area contributed by atoms with E-state index in [0.29, 0.717) is 17.0 Å². The Morgan fingerprint density at radius 1 is 0.933 bits per heavy atom. The fourth-order valence-corrected chi connectivity index (χ4v) is 3.63. The highest BCUT2D eigenvalue weighted by Gasteiger charge is 2.38. The van der Waals surface area contributed by atoms with Gasteiger partial charge in [0, 0.05) is 18.3 Å². The largest absolute Gasteiger partial charge is 0.354 e. The molecule has 4 rings (SSSR count). The number of amides is 3. The summed E-state index contributed by atoms with van der Waals surface area (Å²) in [6.45, 7) is 2.05. The summed E-state index contributed by atoms with van der Waals surface area (Å²) in [6.07, 6.45) is 0.815. The molecule has 3 amide bonds. The zero-order valence-corrected chi connectivity index (χ0v) is 17.0. The van der Waals surface area contributed by atoms with E-state index in [0.717, 1.165) is 28.8 Å². The van der Waals surface area contributed by atoms with E-state index in [9.17, 15) is 9.59 Å². The number of urea groups is 1. The van der Waals surface area contributed by atoms with E-state index in [-0.39, 0.29) is 5.91 Å². The van der Waals surface area contributed by atoms with Gasteiger partial charge in [-0.25, -0.2) is 9.69 Å². The molecule has 0 saturated carbocycles. The fourth-order valence-electron chi connectivity index (χ4n) is 3.63. The molecule has 3 aromatic carbocycles. The van der Waals surface area contributed by atoms with Crippen LogP contribution in [0, 0.1) is 0 Å². The lowest BCUT2D eigenvalue weighted by Crippen LogP contribution is -2.40. The molecule has 0 spiro atoms. The Bertz CT molecular complexity index is 1120. The van der Waals surface area contributed by atoms with Crippen molar-refractivity contribution in [2.75, 3.05) is 17.3 Å². The highest BCUT2D eigenvalue weighted by atomic mass is 16.2. The first-order valence-electron chi connectivity index (χ1n) is 9.95. The first kappa shape index (κ1) is 19.5. The van der Waals surface area contributed by atoms with E-state index in [2.05, 4.69) is 10.6 Å². The van der Waals surface area contributed by atoms with E-state index in [1.165, 1.54) is 11.9 Å². The van der Waals surface area contributed by atoms with Gasteiger partial charge in [-0.1, -0.05) is 67.6 Å². The summed E-state index contributed by atoms with van der Waals surface area (Å²) in [7, 11) is 1.53. The van der Waals surface area contributed by atoms with Crippen LogP contribution >= 0.6 is 0 Å². The molecule has 1 aliphatic rings. The van der Waals surface area contributed by atoms with Gasteiger partial charge in [-0.15, -0.1) is 0 Å². The van der Waals surface area contributed by atoms with E-state index in [1.807, 2.05) is 85.8 Å². The van der Waals surface area contributed by atoms with Crippen LogP contribution < -0.4 is 15.5 Å². The minimum atomic E-state index is -0.448. The first-order chi connectivity index (χ1) is 14.6. The number of rotatable bonds is 4. The monoisotopic (exact) mass is 397 g/mol. The first-order valence-corrected chi connectivity index (χ1v) is 9.95. The quantitative estimate of drug-likeness (QED) is 0.615. The van der Waals surface area contributed by atoms with Crippen molar-refractivity contribution in [3.8, 4) is 0 Å². The third-order valence-electron chi connectivity index (χ3n) is 5.17. The Hall–Kier alpha value is -3.86. The molecule has 0 saturated heterocycles. The molecule has 150 valence electrons. The van der Waals surface area contributed by atoms with Crippen molar-refractivity contribution in [1.29, 1.82) is 0 Å². The van der Waals surface area contributed by atoms with Crippen molar-refractivity contribution >= 4 is 34.6 Å². The van der Waals surface area contributed by atoms with E-state index in [4.69, 9.17) is 0 Å². The van der Waals surface area contributed by atoms with Crippen LogP contribution in [-0.4, -0.2) is 19.0 Å². The van der Waals surface area contributed by atoms with Gasteiger partial charge in [-0.3, -0.25) is 4.79 Å². The van der Waals surface area contributed by atoms with Gasteiger partial charge < -0.3 is 10.6 Å². The van der Waals surface area contributed by atoms with Crippen molar-refractivity contribution < 1.29 is 9.59 Å². The lowest BCUT2D eigenvalue weighted by atomic mass is 9.98. The molecule has 1 aliphatic heterocycles. The molecular weight excluding hydrogens is 374 g/mol. The average Bonchev–Trinajstić information content (AvgIpc) is 3.09. The molecule has 5 nitrogen and oxygen atoms in total. The molecule has 1 heterocycles. The van der Waals surface area contributed by atoms with E-state index >= 15 is 0 Å². The molecular formula is C25H23N3O2. The predicted octanol–water partition coefficient (Wildman–Crippen LogP) is 4.92. The minimum absolute atomic E-state index is 0.347. The normalized spacial score (nSPS) is 14.3. The molecule has 0 bridgehead atoms. The van der Waals surface area contributed by atoms with Crippen molar-refractivity contribution in [2.45, 2.75) is 13.3 Å².